The van der Waals surface area contributed by atoms with Crippen LogP contribution in [-0.4, -0.2) is 18.4 Å². The van der Waals surface area contributed by atoms with E-state index < -0.39 is 5.91 Å². The first kappa shape index (κ1) is 20.9. The van der Waals surface area contributed by atoms with Gasteiger partial charge in [-0.25, -0.2) is 0 Å². The minimum Gasteiger partial charge on any atom is -0.489 e. The van der Waals surface area contributed by atoms with Crippen LogP contribution in [0.4, 0.5) is 5.69 Å². The van der Waals surface area contributed by atoms with Gasteiger partial charge < -0.3 is 10.1 Å². The molecule has 6 heteroatoms. The summed E-state index contributed by atoms with van der Waals surface area (Å²) in [5, 5.41) is 3.06. The largest absolute Gasteiger partial charge is 0.489 e. The van der Waals surface area contributed by atoms with E-state index in [1.54, 1.807) is 24.3 Å². The van der Waals surface area contributed by atoms with Crippen LogP contribution in [0, 0.1) is 13.8 Å². The summed E-state index contributed by atoms with van der Waals surface area (Å²) in [7, 11) is 0. The summed E-state index contributed by atoms with van der Waals surface area (Å²) in [5.74, 6) is -0.0762. The Bertz CT molecular complexity index is 1000. The average Bonchev–Trinajstić information content (AvgIpc) is 2.76. The quantitative estimate of drug-likeness (QED) is 0.525. The first-order valence-corrected chi connectivity index (χ1v) is 9.68. The molecule has 0 aliphatic heterocycles. The second kappa shape index (κ2) is 10.1. The molecular weight excluding hydrogens is 378 g/mol. The van der Waals surface area contributed by atoms with Gasteiger partial charge in [0.05, 0.1) is 6.54 Å². The van der Waals surface area contributed by atoms with Crippen LogP contribution in [0.25, 0.3) is 0 Å². The fraction of sp³-hybridized carbons (Fsp3) is 0.167. The third kappa shape index (κ3) is 6.10. The molecule has 2 amide bonds. The molecule has 0 bridgehead atoms. The van der Waals surface area contributed by atoms with Crippen molar-refractivity contribution in [2.45, 2.75) is 20.5 Å². The molecule has 0 atom stereocenters. The lowest BCUT2D eigenvalue weighted by Crippen LogP contribution is -2.44. The van der Waals surface area contributed by atoms with E-state index in [0.29, 0.717) is 17.9 Å². The van der Waals surface area contributed by atoms with Crippen LogP contribution < -0.4 is 20.9 Å². The number of rotatable bonds is 7. The van der Waals surface area contributed by atoms with E-state index in [4.69, 9.17) is 4.74 Å². The summed E-state index contributed by atoms with van der Waals surface area (Å²) in [5.41, 5.74) is 9.41. The van der Waals surface area contributed by atoms with E-state index in [0.717, 1.165) is 22.4 Å². The summed E-state index contributed by atoms with van der Waals surface area (Å²) in [6.07, 6.45) is 0. The number of ether oxygens (including phenoxy) is 1. The third-order valence-electron chi connectivity index (χ3n) is 4.50. The van der Waals surface area contributed by atoms with Gasteiger partial charge in [0.15, 0.2) is 0 Å². The van der Waals surface area contributed by atoms with E-state index in [9.17, 15) is 9.59 Å². The minimum atomic E-state index is -0.399. The summed E-state index contributed by atoms with van der Waals surface area (Å²) in [6.45, 7) is 4.50. The lowest BCUT2D eigenvalue weighted by Gasteiger charge is -2.11. The van der Waals surface area contributed by atoms with E-state index in [1.807, 2.05) is 62.4 Å². The van der Waals surface area contributed by atoms with Gasteiger partial charge in [0.1, 0.15) is 12.4 Å². The van der Waals surface area contributed by atoms with Crippen LogP contribution in [-0.2, 0) is 11.4 Å². The summed E-state index contributed by atoms with van der Waals surface area (Å²) in [4.78, 5) is 24.2. The van der Waals surface area contributed by atoms with Crippen molar-refractivity contribution in [2.24, 2.45) is 0 Å². The van der Waals surface area contributed by atoms with Gasteiger partial charge in [-0.15, -0.1) is 0 Å². The molecule has 3 aromatic rings. The molecule has 0 saturated carbocycles. The molecule has 154 valence electrons. The van der Waals surface area contributed by atoms with Gasteiger partial charge in [-0.2, -0.15) is 0 Å². The van der Waals surface area contributed by atoms with Gasteiger partial charge in [-0.1, -0.05) is 48.0 Å². The molecule has 0 aliphatic carbocycles. The van der Waals surface area contributed by atoms with Crippen molar-refractivity contribution in [3.05, 3.63) is 95.1 Å². The van der Waals surface area contributed by atoms with Crippen LogP contribution >= 0.6 is 0 Å². The van der Waals surface area contributed by atoms with Crippen molar-refractivity contribution < 1.29 is 14.3 Å². The first-order chi connectivity index (χ1) is 14.5. The van der Waals surface area contributed by atoms with Crippen molar-refractivity contribution >= 4 is 17.5 Å². The molecule has 3 N–H and O–H groups in total. The lowest BCUT2D eigenvalue weighted by molar-refractivity contribution is -0.120. The van der Waals surface area contributed by atoms with Crippen LogP contribution in [0.5, 0.6) is 5.75 Å². The highest BCUT2D eigenvalue weighted by molar-refractivity contribution is 5.95. The van der Waals surface area contributed by atoms with Crippen molar-refractivity contribution in [1.29, 1.82) is 0 Å². The Kier molecular flexibility index (Phi) is 7.05. The van der Waals surface area contributed by atoms with E-state index in [1.165, 1.54) is 0 Å². The normalized spacial score (nSPS) is 10.2. The van der Waals surface area contributed by atoms with Crippen LogP contribution in [0.1, 0.15) is 27.0 Å². The Labute approximate surface area is 176 Å². The van der Waals surface area contributed by atoms with E-state index in [-0.39, 0.29) is 12.5 Å². The van der Waals surface area contributed by atoms with Crippen molar-refractivity contribution in [2.75, 3.05) is 11.9 Å². The van der Waals surface area contributed by atoms with Gasteiger partial charge in [0.25, 0.3) is 11.8 Å². The highest BCUT2D eigenvalue weighted by Crippen LogP contribution is 2.16. The number of aryl methyl sites for hydroxylation is 2. The summed E-state index contributed by atoms with van der Waals surface area (Å²) in [6, 6.07) is 22.5. The Morgan fingerprint density at radius 3 is 2.30 bits per heavy atom. The molecule has 0 radical (unpaired) electrons. The zero-order valence-electron chi connectivity index (χ0n) is 17.1. The zero-order chi connectivity index (χ0) is 21.3. The van der Waals surface area contributed by atoms with Gasteiger partial charge in [-0.05, 0) is 55.3 Å². The molecule has 30 heavy (non-hydrogen) atoms. The predicted molar refractivity (Wildman–Crippen MR) is 117 cm³/mol. The highest BCUT2D eigenvalue weighted by Gasteiger charge is 2.08. The topological polar surface area (TPSA) is 79.5 Å². The van der Waals surface area contributed by atoms with Crippen LogP contribution in [0.15, 0.2) is 72.8 Å². The number of carbonyl (C=O) groups excluding carboxylic acids is 2. The van der Waals surface area contributed by atoms with Gasteiger partial charge >= 0.3 is 0 Å². The maximum atomic E-state index is 12.2. The fourth-order valence-corrected chi connectivity index (χ4v) is 2.87. The summed E-state index contributed by atoms with van der Waals surface area (Å²) >= 11 is 0. The number of anilines is 1. The number of nitrogens with one attached hydrogen (secondary N) is 3. The molecular formula is C24H25N3O3. The van der Waals surface area contributed by atoms with Crippen LogP contribution in [0.2, 0.25) is 0 Å². The zero-order valence-corrected chi connectivity index (χ0v) is 17.1. The molecule has 0 aromatic heterocycles. The summed E-state index contributed by atoms with van der Waals surface area (Å²) < 4.78 is 5.71. The molecule has 0 saturated heterocycles. The number of amides is 2. The Balaban J connectivity index is 1.43. The Hall–Kier alpha value is -3.80. The Morgan fingerprint density at radius 2 is 1.60 bits per heavy atom. The molecule has 3 aromatic carbocycles. The number of hydrogen-bond donors (Lipinski definition) is 3. The minimum absolute atomic E-state index is 0.0520. The molecule has 3 rings (SSSR count). The molecule has 0 heterocycles. The number of hydrazine groups is 1. The van der Waals surface area contributed by atoms with Crippen molar-refractivity contribution in [3.63, 3.8) is 0 Å². The van der Waals surface area contributed by atoms with E-state index >= 15 is 0 Å². The second-order valence-corrected chi connectivity index (χ2v) is 6.97. The Morgan fingerprint density at radius 1 is 0.867 bits per heavy atom. The maximum absolute atomic E-state index is 12.2. The molecule has 6 nitrogen and oxygen atoms in total. The number of hydrogen-bond acceptors (Lipinski definition) is 4. The average molecular weight is 403 g/mol. The molecule has 0 unspecified atom stereocenters. The first-order valence-electron chi connectivity index (χ1n) is 9.68. The number of benzene rings is 3. The van der Waals surface area contributed by atoms with Gasteiger partial charge in [0.2, 0.25) is 0 Å². The second-order valence-electron chi connectivity index (χ2n) is 6.97. The van der Waals surface area contributed by atoms with Crippen molar-refractivity contribution in [3.8, 4) is 5.75 Å². The monoisotopic (exact) mass is 403 g/mol. The highest BCUT2D eigenvalue weighted by atomic mass is 16.5. The SMILES string of the molecule is Cc1ccc(NCC(=O)NNC(=O)c2ccc(OCc3ccccc3)cc2)c(C)c1. The smallest absolute Gasteiger partial charge is 0.269 e. The molecule has 0 aliphatic rings. The molecule has 0 fully saturated rings. The van der Waals surface area contributed by atoms with Crippen molar-refractivity contribution in [1.82, 2.24) is 10.9 Å². The maximum Gasteiger partial charge on any atom is 0.269 e. The van der Waals surface area contributed by atoms with Crippen LogP contribution in [0.3, 0.4) is 0 Å². The van der Waals surface area contributed by atoms with Gasteiger partial charge in [-0.3, -0.25) is 20.4 Å². The number of carbonyl (C=O) groups is 2. The fourth-order valence-electron chi connectivity index (χ4n) is 2.87. The standard InChI is InChI=1S/C24H25N3O3/c1-17-8-13-22(18(2)14-17)25-15-23(28)26-27-24(29)20-9-11-21(12-10-20)30-16-19-6-4-3-5-7-19/h3-14,25H,15-16H2,1-2H3,(H,26,28)(H,27,29). The third-order valence-corrected chi connectivity index (χ3v) is 4.50. The van der Waals surface area contributed by atoms with Gasteiger partial charge in [0, 0.05) is 11.3 Å². The lowest BCUT2D eigenvalue weighted by atomic mass is 10.1. The van der Waals surface area contributed by atoms with E-state index in [2.05, 4.69) is 16.2 Å². The molecule has 0 spiro atoms. The predicted octanol–water partition coefficient (Wildman–Crippen LogP) is 3.76.